The van der Waals surface area contributed by atoms with E-state index in [1.54, 1.807) is 13.2 Å². The molecule has 0 saturated carbocycles. The number of aryl methyl sites for hydroxylation is 1. The molecule has 2 aliphatic heterocycles. The topological polar surface area (TPSA) is 71.5 Å². The van der Waals surface area contributed by atoms with Gasteiger partial charge in [-0.15, -0.1) is 0 Å². The third-order valence-electron chi connectivity index (χ3n) is 5.58. The molecule has 2 aliphatic rings. The predicted molar refractivity (Wildman–Crippen MR) is 98.6 cm³/mol. The van der Waals surface area contributed by atoms with Crippen LogP contribution in [0.25, 0.3) is 0 Å². The molecule has 0 radical (unpaired) electrons. The lowest BCUT2D eigenvalue weighted by Gasteiger charge is -2.39. The molecule has 6 nitrogen and oxygen atoms in total. The molecule has 0 aliphatic carbocycles. The normalized spacial score (nSPS) is 27.1. The van der Waals surface area contributed by atoms with Gasteiger partial charge < -0.3 is 15.0 Å². The lowest BCUT2D eigenvalue weighted by molar-refractivity contribution is -0.139. The number of likely N-dealkylation sites (tertiary alicyclic amines) is 1. The first-order chi connectivity index (χ1) is 12.3. The van der Waals surface area contributed by atoms with Crippen molar-refractivity contribution >= 4 is 11.8 Å². The van der Waals surface area contributed by atoms with E-state index in [2.05, 4.69) is 10.3 Å². The smallest absolute Gasteiger partial charge is 0.229 e. The van der Waals surface area contributed by atoms with Crippen LogP contribution in [0.4, 0.5) is 0 Å². The zero-order chi connectivity index (χ0) is 18.9. The molecule has 2 saturated heterocycles. The Balaban J connectivity index is 1.82. The van der Waals surface area contributed by atoms with E-state index in [-0.39, 0.29) is 36.4 Å². The lowest BCUT2D eigenvalue weighted by atomic mass is 9.82. The molecule has 1 spiro atoms. The Bertz CT molecular complexity index is 686. The maximum atomic E-state index is 13.1. The summed E-state index contributed by atoms with van der Waals surface area (Å²) >= 11 is 0. The minimum Gasteiger partial charge on any atom is -0.369 e. The highest BCUT2D eigenvalue weighted by Crippen LogP contribution is 2.49. The van der Waals surface area contributed by atoms with Gasteiger partial charge in [0.2, 0.25) is 11.8 Å². The predicted octanol–water partition coefficient (Wildman–Crippen LogP) is 2.00. The molecule has 26 heavy (non-hydrogen) atoms. The summed E-state index contributed by atoms with van der Waals surface area (Å²) in [5.74, 6) is 0.0219. The number of nitrogens with one attached hydrogen (secondary N) is 1. The SMILES string of the molecule is CNC(=O)C[C@@H]1OC(C)(C)C[C@]12CCCN2C(=O)Cc1ccc(C)cn1. The molecule has 0 unspecified atom stereocenters. The van der Waals surface area contributed by atoms with Crippen LogP contribution in [0.15, 0.2) is 18.3 Å². The molecule has 2 atom stereocenters. The zero-order valence-electron chi connectivity index (χ0n) is 16.2. The maximum Gasteiger partial charge on any atom is 0.229 e. The molecule has 2 fully saturated rings. The molecule has 6 heteroatoms. The standard InChI is InChI=1S/C20H29N3O3/c1-14-6-7-15(22-12-14)10-18(25)23-9-5-8-20(23)13-19(2,3)26-16(20)11-17(24)21-4/h6-7,12,16H,5,8-11,13H2,1-4H3,(H,21,24)/t16-,20+/m0/s1. The highest BCUT2D eigenvalue weighted by Gasteiger charge is 2.58. The highest BCUT2D eigenvalue weighted by molar-refractivity contribution is 5.80. The first-order valence-electron chi connectivity index (χ1n) is 9.36. The van der Waals surface area contributed by atoms with E-state index in [4.69, 9.17) is 4.74 Å². The molecule has 0 aromatic carbocycles. The van der Waals surface area contributed by atoms with Crippen LogP contribution in [0, 0.1) is 6.92 Å². The molecule has 1 aromatic heterocycles. The molecule has 0 bridgehead atoms. The summed E-state index contributed by atoms with van der Waals surface area (Å²) in [6.07, 6.45) is 4.67. The largest absolute Gasteiger partial charge is 0.369 e. The number of ether oxygens (including phenoxy) is 1. The third kappa shape index (κ3) is 3.61. The van der Waals surface area contributed by atoms with Crippen LogP contribution < -0.4 is 5.32 Å². The van der Waals surface area contributed by atoms with Gasteiger partial charge in [-0.2, -0.15) is 0 Å². The van der Waals surface area contributed by atoms with Gasteiger partial charge in [-0.3, -0.25) is 14.6 Å². The first kappa shape index (κ1) is 18.8. The summed E-state index contributed by atoms with van der Waals surface area (Å²) < 4.78 is 6.24. The number of aromatic nitrogens is 1. The van der Waals surface area contributed by atoms with Gasteiger partial charge in [0.25, 0.3) is 0 Å². The fourth-order valence-electron chi connectivity index (χ4n) is 4.54. The second-order valence-corrected chi connectivity index (χ2v) is 8.18. The van der Waals surface area contributed by atoms with Crippen molar-refractivity contribution in [2.45, 2.75) is 70.1 Å². The van der Waals surface area contributed by atoms with Crippen LogP contribution in [0.3, 0.4) is 0 Å². The Labute approximate surface area is 155 Å². The molecule has 3 rings (SSSR count). The highest BCUT2D eigenvalue weighted by atomic mass is 16.5. The number of hydrogen-bond acceptors (Lipinski definition) is 4. The van der Waals surface area contributed by atoms with Crippen molar-refractivity contribution in [2.24, 2.45) is 0 Å². The fraction of sp³-hybridized carbons (Fsp3) is 0.650. The number of carbonyl (C=O) groups is 2. The summed E-state index contributed by atoms with van der Waals surface area (Å²) in [5, 5.41) is 2.68. The quantitative estimate of drug-likeness (QED) is 0.892. The number of carbonyl (C=O) groups excluding carboxylic acids is 2. The summed E-state index contributed by atoms with van der Waals surface area (Å²) in [4.78, 5) is 31.5. The van der Waals surface area contributed by atoms with Crippen molar-refractivity contribution in [3.8, 4) is 0 Å². The van der Waals surface area contributed by atoms with E-state index in [1.165, 1.54) is 0 Å². The lowest BCUT2D eigenvalue weighted by Crippen LogP contribution is -2.54. The molecule has 3 heterocycles. The molecule has 142 valence electrons. The van der Waals surface area contributed by atoms with Crippen LogP contribution in [-0.2, 0) is 20.7 Å². The average molecular weight is 359 g/mol. The second-order valence-electron chi connectivity index (χ2n) is 8.18. The minimum absolute atomic E-state index is 0.0495. The number of rotatable bonds is 4. The Kier molecular flexibility index (Phi) is 5.06. The van der Waals surface area contributed by atoms with Gasteiger partial charge in [0, 0.05) is 31.9 Å². The number of nitrogens with zero attached hydrogens (tertiary/aromatic N) is 2. The van der Waals surface area contributed by atoms with Crippen molar-refractivity contribution in [2.75, 3.05) is 13.6 Å². The van der Waals surface area contributed by atoms with Crippen molar-refractivity contribution in [3.05, 3.63) is 29.6 Å². The zero-order valence-corrected chi connectivity index (χ0v) is 16.2. The molecular weight excluding hydrogens is 330 g/mol. The van der Waals surface area contributed by atoms with Crippen LogP contribution in [0.1, 0.15) is 50.8 Å². The summed E-state index contributed by atoms with van der Waals surface area (Å²) in [6, 6.07) is 3.89. The second kappa shape index (κ2) is 6.99. The molecular formula is C20H29N3O3. The van der Waals surface area contributed by atoms with Gasteiger partial charge in [0.15, 0.2) is 0 Å². The molecule has 2 amide bonds. The van der Waals surface area contributed by atoms with E-state index in [1.807, 2.05) is 37.8 Å². The minimum atomic E-state index is -0.391. The van der Waals surface area contributed by atoms with Gasteiger partial charge >= 0.3 is 0 Å². The Morgan fingerprint density at radius 3 is 2.81 bits per heavy atom. The summed E-state index contributed by atoms with van der Waals surface area (Å²) in [7, 11) is 1.63. The summed E-state index contributed by atoms with van der Waals surface area (Å²) in [6.45, 7) is 6.78. The van der Waals surface area contributed by atoms with E-state index >= 15 is 0 Å². The van der Waals surface area contributed by atoms with Crippen molar-refractivity contribution in [3.63, 3.8) is 0 Å². The number of amides is 2. The van der Waals surface area contributed by atoms with Crippen LogP contribution in [-0.4, -0.2) is 52.5 Å². The van der Waals surface area contributed by atoms with Gasteiger partial charge in [-0.25, -0.2) is 0 Å². The monoisotopic (exact) mass is 359 g/mol. The molecule has 1 aromatic rings. The maximum absolute atomic E-state index is 13.1. The van der Waals surface area contributed by atoms with Gasteiger partial charge in [-0.05, 0) is 45.2 Å². The van der Waals surface area contributed by atoms with E-state index in [0.717, 1.165) is 30.5 Å². The van der Waals surface area contributed by atoms with Crippen molar-refractivity contribution in [1.82, 2.24) is 15.2 Å². The Hall–Kier alpha value is -1.95. The Morgan fingerprint density at radius 2 is 2.15 bits per heavy atom. The van der Waals surface area contributed by atoms with Gasteiger partial charge in [-0.1, -0.05) is 6.07 Å². The summed E-state index contributed by atoms with van der Waals surface area (Å²) in [5.41, 5.74) is 1.13. The van der Waals surface area contributed by atoms with Gasteiger partial charge in [0.1, 0.15) is 0 Å². The third-order valence-corrected chi connectivity index (χ3v) is 5.58. The first-order valence-corrected chi connectivity index (χ1v) is 9.36. The van der Waals surface area contributed by atoms with E-state index in [9.17, 15) is 9.59 Å². The van der Waals surface area contributed by atoms with Crippen LogP contribution in [0.5, 0.6) is 0 Å². The number of hydrogen-bond donors (Lipinski definition) is 1. The van der Waals surface area contributed by atoms with Crippen LogP contribution in [0.2, 0.25) is 0 Å². The van der Waals surface area contributed by atoms with E-state index < -0.39 is 5.54 Å². The van der Waals surface area contributed by atoms with Crippen molar-refractivity contribution in [1.29, 1.82) is 0 Å². The Morgan fingerprint density at radius 1 is 1.38 bits per heavy atom. The number of pyridine rings is 1. The fourth-order valence-corrected chi connectivity index (χ4v) is 4.54. The van der Waals surface area contributed by atoms with Gasteiger partial charge in [0.05, 0.1) is 30.1 Å². The van der Waals surface area contributed by atoms with E-state index in [0.29, 0.717) is 6.54 Å². The van der Waals surface area contributed by atoms with Crippen LogP contribution >= 0.6 is 0 Å². The van der Waals surface area contributed by atoms with Crippen molar-refractivity contribution < 1.29 is 14.3 Å². The molecule has 1 N–H and O–H groups in total. The average Bonchev–Trinajstić information content (AvgIpc) is 3.10.